The molecule has 0 spiro atoms. The molecule has 3 N–H and O–H groups in total. The number of halogens is 4. The Labute approximate surface area is 185 Å². The van der Waals surface area contributed by atoms with Gasteiger partial charge in [0.05, 0.1) is 11.3 Å². The van der Waals surface area contributed by atoms with E-state index in [1.165, 1.54) is 19.3 Å². The Morgan fingerprint density at radius 2 is 1.70 bits per heavy atom. The molecule has 0 fully saturated rings. The Kier molecular flexibility index (Phi) is 6.80. The number of aromatic nitrogens is 1. The fourth-order valence-corrected chi connectivity index (χ4v) is 2.85. The van der Waals surface area contributed by atoms with Gasteiger partial charge < -0.3 is 20.7 Å². The number of carbonyl (C=O) groups excluding carboxylic acids is 2. The lowest BCUT2D eigenvalue weighted by atomic mass is 10.1. The minimum absolute atomic E-state index is 0.0481. The summed E-state index contributed by atoms with van der Waals surface area (Å²) in [6, 6.07) is 10.5. The highest BCUT2D eigenvalue weighted by Crippen LogP contribution is 2.28. The summed E-state index contributed by atoms with van der Waals surface area (Å²) < 4.78 is 55.0. The molecule has 0 atom stereocenters. The number of pyridine rings is 1. The summed E-state index contributed by atoms with van der Waals surface area (Å²) in [5.74, 6) is -3.24. The van der Waals surface area contributed by atoms with Crippen molar-refractivity contribution in [3.8, 4) is 5.75 Å². The smallest absolute Gasteiger partial charge is 0.406 e. The Morgan fingerprint density at radius 1 is 0.970 bits per heavy atom. The summed E-state index contributed by atoms with van der Waals surface area (Å²) in [7, 11) is 1.41. The molecule has 0 aliphatic heterocycles. The van der Waals surface area contributed by atoms with E-state index in [4.69, 9.17) is 0 Å². The number of hydrogen-bond donors (Lipinski definition) is 3. The van der Waals surface area contributed by atoms with E-state index in [0.717, 1.165) is 17.7 Å². The van der Waals surface area contributed by atoms with Crippen LogP contribution in [0.4, 0.5) is 34.8 Å². The van der Waals surface area contributed by atoms with Crippen LogP contribution >= 0.6 is 0 Å². The van der Waals surface area contributed by atoms with Gasteiger partial charge in [0.25, 0.3) is 11.8 Å². The summed E-state index contributed by atoms with van der Waals surface area (Å²) >= 11 is 0. The Hall–Kier alpha value is -4.15. The highest BCUT2D eigenvalue weighted by atomic mass is 19.4. The number of alkyl halides is 3. The second-order valence-corrected chi connectivity index (χ2v) is 6.82. The first-order valence-corrected chi connectivity index (χ1v) is 9.48. The maximum absolute atomic E-state index is 13.8. The summed E-state index contributed by atoms with van der Waals surface area (Å²) in [4.78, 5) is 28.9. The molecular formula is C22H18F4N4O3. The van der Waals surface area contributed by atoms with Gasteiger partial charge in [-0.15, -0.1) is 13.2 Å². The van der Waals surface area contributed by atoms with Crippen molar-refractivity contribution in [1.82, 2.24) is 10.3 Å². The van der Waals surface area contributed by atoms with Gasteiger partial charge in [-0.2, -0.15) is 0 Å². The molecule has 2 aromatic carbocycles. The number of nitrogens with one attached hydrogen (secondary N) is 3. The summed E-state index contributed by atoms with van der Waals surface area (Å²) in [5.41, 5.74) is 1.27. The number of carbonyl (C=O) groups is 2. The maximum Gasteiger partial charge on any atom is 0.573 e. The molecule has 3 rings (SSSR count). The molecule has 2 amide bonds. The summed E-state index contributed by atoms with van der Waals surface area (Å²) in [6.07, 6.45) is -3.77. The van der Waals surface area contributed by atoms with Crippen molar-refractivity contribution in [2.75, 3.05) is 17.7 Å². The quantitative estimate of drug-likeness (QED) is 0.459. The van der Waals surface area contributed by atoms with E-state index in [1.54, 1.807) is 12.1 Å². The number of hydrogen-bond acceptors (Lipinski definition) is 5. The zero-order chi connectivity index (χ0) is 24.2. The second kappa shape index (κ2) is 9.55. The van der Waals surface area contributed by atoms with Gasteiger partial charge in [-0.3, -0.25) is 9.59 Å². The van der Waals surface area contributed by atoms with Crippen molar-refractivity contribution in [3.63, 3.8) is 0 Å². The van der Waals surface area contributed by atoms with E-state index >= 15 is 0 Å². The lowest BCUT2D eigenvalue weighted by Gasteiger charge is -2.15. The number of ether oxygens (including phenoxy) is 1. The lowest BCUT2D eigenvalue weighted by molar-refractivity contribution is -0.274. The third-order valence-corrected chi connectivity index (χ3v) is 4.39. The van der Waals surface area contributed by atoms with Crippen molar-refractivity contribution in [2.24, 2.45) is 0 Å². The van der Waals surface area contributed by atoms with E-state index in [1.807, 2.05) is 19.1 Å². The first-order chi connectivity index (χ1) is 15.6. The van der Waals surface area contributed by atoms with Crippen molar-refractivity contribution in [1.29, 1.82) is 0 Å². The second-order valence-electron chi connectivity index (χ2n) is 6.82. The SMILES string of the molecule is CNC(=O)c1cnc(Nc2ccccc2C)c(NC(=O)c2cc(F)cc(OC(F)(F)F)c2)c1. The number of para-hydroxylation sites is 1. The molecule has 11 heteroatoms. The van der Waals surface area contributed by atoms with Crippen LogP contribution < -0.4 is 20.7 Å². The van der Waals surface area contributed by atoms with Crippen LogP contribution in [0.3, 0.4) is 0 Å². The van der Waals surface area contributed by atoms with Crippen molar-refractivity contribution < 1.29 is 31.9 Å². The molecular weight excluding hydrogens is 444 g/mol. The molecule has 0 saturated carbocycles. The average molecular weight is 462 g/mol. The molecule has 0 saturated heterocycles. The van der Waals surface area contributed by atoms with Crippen LogP contribution in [0.15, 0.2) is 54.7 Å². The highest BCUT2D eigenvalue weighted by molar-refractivity contribution is 6.07. The highest BCUT2D eigenvalue weighted by Gasteiger charge is 2.31. The largest absolute Gasteiger partial charge is 0.573 e. The number of anilines is 3. The summed E-state index contributed by atoms with van der Waals surface area (Å²) in [5, 5.41) is 7.91. The number of amides is 2. The van der Waals surface area contributed by atoms with Crippen LogP contribution in [0.5, 0.6) is 5.75 Å². The van der Waals surface area contributed by atoms with Gasteiger partial charge in [0.15, 0.2) is 5.82 Å². The zero-order valence-corrected chi connectivity index (χ0v) is 17.4. The number of nitrogens with zero attached hydrogens (tertiary/aromatic N) is 1. The number of benzene rings is 2. The van der Waals surface area contributed by atoms with Crippen LogP contribution in [-0.2, 0) is 0 Å². The van der Waals surface area contributed by atoms with Crippen molar-refractivity contribution in [3.05, 3.63) is 77.2 Å². The van der Waals surface area contributed by atoms with Crippen LogP contribution in [0, 0.1) is 12.7 Å². The van der Waals surface area contributed by atoms with E-state index in [-0.39, 0.29) is 17.1 Å². The van der Waals surface area contributed by atoms with E-state index in [9.17, 15) is 27.2 Å². The number of rotatable bonds is 6. The van der Waals surface area contributed by atoms with Gasteiger partial charge in [0.1, 0.15) is 11.6 Å². The maximum atomic E-state index is 13.8. The predicted molar refractivity (Wildman–Crippen MR) is 113 cm³/mol. The first-order valence-electron chi connectivity index (χ1n) is 9.48. The van der Waals surface area contributed by atoms with E-state index in [0.29, 0.717) is 11.8 Å². The zero-order valence-electron chi connectivity index (χ0n) is 17.4. The van der Waals surface area contributed by atoms with Gasteiger partial charge in [0.2, 0.25) is 0 Å². The van der Waals surface area contributed by atoms with Gasteiger partial charge in [-0.25, -0.2) is 9.37 Å². The number of aryl methyl sites for hydroxylation is 1. The molecule has 0 unspecified atom stereocenters. The molecule has 172 valence electrons. The minimum atomic E-state index is -5.06. The molecule has 0 aliphatic carbocycles. The third-order valence-electron chi connectivity index (χ3n) is 4.39. The molecule has 1 aromatic heterocycles. The van der Waals surface area contributed by atoms with Crippen molar-refractivity contribution >= 4 is 29.0 Å². The fraction of sp³-hybridized carbons (Fsp3) is 0.136. The van der Waals surface area contributed by atoms with Gasteiger partial charge in [-0.05, 0) is 36.8 Å². The molecule has 0 bridgehead atoms. The van der Waals surface area contributed by atoms with Gasteiger partial charge >= 0.3 is 6.36 Å². The van der Waals surface area contributed by atoms with E-state index < -0.39 is 35.3 Å². The fourth-order valence-electron chi connectivity index (χ4n) is 2.85. The molecule has 0 radical (unpaired) electrons. The van der Waals surface area contributed by atoms with Crippen LogP contribution in [0.25, 0.3) is 0 Å². The Balaban J connectivity index is 1.96. The normalized spacial score (nSPS) is 11.0. The monoisotopic (exact) mass is 462 g/mol. The third kappa shape index (κ3) is 6.19. The predicted octanol–water partition coefficient (Wildman–Crippen LogP) is 4.78. The topological polar surface area (TPSA) is 92.4 Å². The van der Waals surface area contributed by atoms with Gasteiger partial charge in [-0.1, -0.05) is 18.2 Å². The molecule has 1 heterocycles. The van der Waals surface area contributed by atoms with Crippen LogP contribution in [0.1, 0.15) is 26.3 Å². The standard InChI is InChI=1S/C22H18F4N4O3/c1-12-5-3-4-6-17(12)29-19-18(9-14(11-28-19)20(31)27-2)30-21(32)13-7-15(23)10-16(8-13)33-22(24,25)26/h3-11H,1-2H3,(H,27,31)(H,28,29)(H,30,32). The minimum Gasteiger partial charge on any atom is -0.406 e. The molecule has 0 aliphatic rings. The lowest BCUT2D eigenvalue weighted by Crippen LogP contribution is -2.20. The average Bonchev–Trinajstić information content (AvgIpc) is 2.74. The summed E-state index contributed by atoms with van der Waals surface area (Å²) in [6.45, 7) is 1.84. The first kappa shape index (κ1) is 23.5. The van der Waals surface area contributed by atoms with Crippen LogP contribution in [0.2, 0.25) is 0 Å². The van der Waals surface area contributed by atoms with Gasteiger partial charge in [0, 0.05) is 30.6 Å². The molecule has 7 nitrogen and oxygen atoms in total. The molecule has 3 aromatic rings. The Morgan fingerprint density at radius 3 is 2.36 bits per heavy atom. The Bertz CT molecular complexity index is 1200. The van der Waals surface area contributed by atoms with Crippen molar-refractivity contribution in [2.45, 2.75) is 13.3 Å². The van der Waals surface area contributed by atoms with Crippen LogP contribution in [-0.4, -0.2) is 30.2 Å². The molecule has 33 heavy (non-hydrogen) atoms. The van der Waals surface area contributed by atoms with E-state index in [2.05, 4.69) is 25.7 Å².